The molecule has 110 valence electrons. The minimum Gasteiger partial charge on any atom is -0.478 e. The molecule has 2 aromatic carbocycles. The number of amides is 1. The van der Waals surface area contributed by atoms with Crippen LogP contribution in [0.4, 0.5) is 5.69 Å². The van der Waals surface area contributed by atoms with Crippen molar-refractivity contribution >= 4 is 28.3 Å². The highest BCUT2D eigenvalue weighted by atomic mass is 16.4. The summed E-state index contributed by atoms with van der Waals surface area (Å²) < 4.78 is 0. The molecule has 0 radical (unpaired) electrons. The van der Waals surface area contributed by atoms with Crippen LogP contribution in [-0.4, -0.2) is 23.5 Å². The molecule has 0 saturated carbocycles. The molecule has 4 N–H and O–H groups in total. The summed E-state index contributed by atoms with van der Waals surface area (Å²) in [5.41, 5.74) is 6.35. The van der Waals surface area contributed by atoms with Gasteiger partial charge in [-0.05, 0) is 17.9 Å². The molecule has 0 atom stereocenters. The zero-order valence-electron chi connectivity index (χ0n) is 11.8. The quantitative estimate of drug-likeness (QED) is 0.582. The van der Waals surface area contributed by atoms with Gasteiger partial charge in [-0.2, -0.15) is 0 Å². The molecule has 0 fully saturated rings. The number of carboxylic acid groups (broad SMARTS) is 1. The van der Waals surface area contributed by atoms with Crippen LogP contribution in [0.15, 0.2) is 30.3 Å². The van der Waals surface area contributed by atoms with E-state index in [2.05, 4.69) is 5.32 Å². The van der Waals surface area contributed by atoms with Gasteiger partial charge in [0.1, 0.15) is 0 Å². The van der Waals surface area contributed by atoms with Crippen LogP contribution in [-0.2, 0) is 0 Å². The smallest absolute Gasteiger partial charge is 0.336 e. The Morgan fingerprint density at radius 1 is 1.24 bits per heavy atom. The molecule has 0 saturated heterocycles. The molecule has 0 spiro atoms. The van der Waals surface area contributed by atoms with Gasteiger partial charge in [-0.15, -0.1) is 0 Å². The lowest BCUT2D eigenvalue weighted by molar-refractivity contribution is 0.0691. The van der Waals surface area contributed by atoms with Gasteiger partial charge >= 0.3 is 5.97 Å². The number of benzene rings is 2. The highest BCUT2D eigenvalue weighted by Gasteiger charge is 2.21. The summed E-state index contributed by atoms with van der Waals surface area (Å²) in [5, 5.41) is 13.3. The highest BCUT2D eigenvalue weighted by molar-refractivity contribution is 6.16. The van der Waals surface area contributed by atoms with Crippen LogP contribution >= 0.6 is 0 Å². The van der Waals surface area contributed by atoms with Crippen LogP contribution in [0.25, 0.3) is 10.8 Å². The Kier molecular flexibility index (Phi) is 4.42. The van der Waals surface area contributed by atoms with Crippen LogP contribution in [0.2, 0.25) is 0 Å². The molecule has 0 heterocycles. The summed E-state index contributed by atoms with van der Waals surface area (Å²) in [7, 11) is 0. The third-order valence-electron chi connectivity index (χ3n) is 3.35. The maximum absolute atomic E-state index is 12.4. The summed E-state index contributed by atoms with van der Waals surface area (Å²) >= 11 is 0. The first-order chi connectivity index (χ1) is 10.1. The molecule has 0 bridgehead atoms. The van der Waals surface area contributed by atoms with E-state index < -0.39 is 5.97 Å². The first-order valence-corrected chi connectivity index (χ1v) is 6.89. The predicted octanol–water partition coefficient (Wildman–Crippen LogP) is 2.65. The van der Waals surface area contributed by atoms with Crippen molar-refractivity contribution in [2.24, 2.45) is 0 Å². The molecule has 2 aromatic rings. The van der Waals surface area contributed by atoms with Crippen LogP contribution in [0.3, 0.4) is 0 Å². The zero-order chi connectivity index (χ0) is 15.4. The third kappa shape index (κ3) is 2.97. The van der Waals surface area contributed by atoms with E-state index in [-0.39, 0.29) is 17.0 Å². The average Bonchev–Trinajstić information content (AvgIpc) is 2.47. The van der Waals surface area contributed by atoms with E-state index in [1.807, 2.05) is 6.92 Å². The second kappa shape index (κ2) is 6.26. The topological polar surface area (TPSA) is 92.4 Å². The fourth-order valence-corrected chi connectivity index (χ4v) is 2.28. The number of fused-ring (bicyclic) bond motifs is 1. The van der Waals surface area contributed by atoms with Gasteiger partial charge in [0.2, 0.25) is 0 Å². The number of carbonyl (C=O) groups is 2. The van der Waals surface area contributed by atoms with Crippen LogP contribution in [0.5, 0.6) is 0 Å². The minimum absolute atomic E-state index is 0.0693. The van der Waals surface area contributed by atoms with Gasteiger partial charge in [0.15, 0.2) is 0 Å². The fraction of sp³-hybridized carbons (Fsp3) is 0.250. The van der Waals surface area contributed by atoms with Crippen molar-refractivity contribution in [3.05, 3.63) is 41.5 Å². The molecule has 0 aliphatic rings. The molecule has 0 aliphatic heterocycles. The number of aromatic carboxylic acids is 1. The Labute approximate surface area is 122 Å². The Balaban J connectivity index is 2.58. The van der Waals surface area contributed by atoms with Crippen molar-refractivity contribution in [1.82, 2.24) is 5.32 Å². The predicted molar refractivity (Wildman–Crippen MR) is 82.6 cm³/mol. The number of hydrogen-bond acceptors (Lipinski definition) is 3. The van der Waals surface area contributed by atoms with Crippen molar-refractivity contribution in [2.45, 2.75) is 19.8 Å². The van der Waals surface area contributed by atoms with E-state index in [9.17, 15) is 14.7 Å². The summed E-state index contributed by atoms with van der Waals surface area (Å²) in [6.45, 7) is 2.54. The van der Waals surface area contributed by atoms with E-state index in [0.29, 0.717) is 23.0 Å². The van der Waals surface area contributed by atoms with Crippen molar-refractivity contribution < 1.29 is 14.7 Å². The second-order valence-electron chi connectivity index (χ2n) is 4.85. The number of unbranched alkanes of at least 4 members (excludes halogenated alkanes) is 1. The van der Waals surface area contributed by atoms with E-state index in [1.54, 1.807) is 24.3 Å². The number of nitrogens with one attached hydrogen (secondary N) is 1. The number of nitrogens with two attached hydrogens (primary N) is 1. The lowest BCUT2D eigenvalue weighted by Crippen LogP contribution is -2.26. The van der Waals surface area contributed by atoms with Gasteiger partial charge in [-0.3, -0.25) is 4.79 Å². The first-order valence-electron chi connectivity index (χ1n) is 6.89. The molecular formula is C16H18N2O3. The highest BCUT2D eigenvalue weighted by Crippen LogP contribution is 2.28. The van der Waals surface area contributed by atoms with Crippen LogP contribution < -0.4 is 11.1 Å². The zero-order valence-corrected chi connectivity index (χ0v) is 11.8. The van der Waals surface area contributed by atoms with E-state index in [4.69, 9.17) is 5.73 Å². The van der Waals surface area contributed by atoms with E-state index in [0.717, 1.165) is 12.8 Å². The molecular weight excluding hydrogens is 268 g/mol. The monoisotopic (exact) mass is 286 g/mol. The van der Waals surface area contributed by atoms with Gasteiger partial charge in [-0.25, -0.2) is 4.79 Å². The van der Waals surface area contributed by atoms with Gasteiger partial charge in [-0.1, -0.05) is 37.6 Å². The van der Waals surface area contributed by atoms with Gasteiger partial charge < -0.3 is 16.2 Å². The summed E-state index contributed by atoms with van der Waals surface area (Å²) in [5.74, 6) is -1.54. The maximum atomic E-state index is 12.4. The number of anilines is 1. The maximum Gasteiger partial charge on any atom is 0.336 e. The summed E-state index contributed by atoms with van der Waals surface area (Å²) in [4.78, 5) is 23.8. The third-order valence-corrected chi connectivity index (χ3v) is 3.35. The van der Waals surface area contributed by atoms with E-state index in [1.165, 1.54) is 6.07 Å². The Hall–Kier alpha value is -2.56. The van der Waals surface area contributed by atoms with Gasteiger partial charge in [0, 0.05) is 17.6 Å². The molecule has 21 heavy (non-hydrogen) atoms. The van der Waals surface area contributed by atoms with Crippen molar-refractivity contribution in [2.75, 3.05) is 12.3 Å². The average molecular weight is 286 g/mol. The SMILES string of the molecule is CCCCNC(=O)c1c(C(=O)O)cc(N)c2ccccc12. The minimum atomic E-state index is -1.16. The van der Waals surface area contributed by atoms with Crippen molar-refractivity contribution in [3.63, 3.8) is 0 Å². The lowest BCUT2D eigenvalue weighted by Gasteiger charge is -2.12. The standard InChI is InChI=1S/C16H18N2O3/c1-2-3-8-18-15(19)14-11-7-5-4-6-10(11)13(17)9-12(14)16(20)21/h4-7,9H,2-3,8,17H2,1H3,(H,18,19)(H,20,21). The Morgan fingerprint density at radius 2 is 1.90 bits per heavy atom. The molecule has 1 amide bonds. The normalized spacial score (nSPS) is 10.5. The number of rotatable bonds is 5. The number of nitrogen functional groups attached to an aromatic ring is 1. The molecule has 5 nitrogen and oxygen atoms in total. The molecule has 5 heteroatoms. The Bertz CT molecular complexity index is 695. The van der Waals surface area contributed by atoms with Crippen molar-refractivity contribution in [1.29, 1.82) is 0 Å². The Morgan fingerprint density at radius 3 is 2.52 bits per heavy atom. The summed E-state index contributed by atoms with van der Waals surface area (Å²) in [6.07, 6.45) is 1.80. The van der Waals surface area contributed by atoms with E-state index >= 15 is 0 Å². The molecule has 0 aromatic heterocycles. The summed E-state index contributed by atoms with van der Waals surface area (Å²) in [6, 6.07) is 8.40. The van der Waals surface area contributed by atoms with Crippen LogP contribution in [0.1, 0.15) is 40.5 Å². The fourth-order valence-electron chi connectivity index (χ4n) is 2.28. The lowest BCUT2D eigenvalue weighted by atomic mass is 9.96. The van der Waals surface area contributed by atoms with Crippen molar-refractivity contribution in [3.8, 4) is 0 Å². The largest absolute Gasteiger partial charge is 0.478 e. The number of hydrogen-bond donors (Lipinski definition) is 3. The number of carboxylic acids is 1. The molecule has 0 aliphatic carbocycles. The molecule has 2 rings (SSSR count). The van der Waals surface area contributed by atoms with Gasteiger partial charge in [0.25, 0.3) is 5.91 Å². The van der Waals surface area contributed by atoms with Gasteiger partial charge in [0.05, 0.1) is 11.1 Å². The number of carbonyl (C=O) groups excluding carboxylic acids is 1. The second-order valence-corrected chi connectivity index (χ2v) is 4.85. The van der Waals surface area contributed by atoms with Crippen LogP contribution in [0, 0.1) is 0 Å². The molecule has 0 unspecified atom stereocenters. The first kappa shape index (κ1) is 14.8.